The second kappa shape index (κ2) is 10.5. The van der Waals surface area contributed by atoms with Crippen molar-refractivity contribution in [2.75, 3.05) is 31.6 Å². The van der Waals surface area contributed by atoms with Crippen LogP contribution in [0, 0.1) is 11.7 Å². The van der Waals surface area contributed by atoms with Crippen molar-refractivity contribution in [2.45, 2.75) is 39.2 Å². The smallest absolute Gasteiger partial charge is 0.229 e. The number of benzene rings is 2. The first-order valence-corrected chi connectivity index (χ1v) is 12.5. The van der Waals surface area contributed by atoms with Crippen LogP contribution >= 0.6 is 0 Å². The van der Waals surface area contributed by atoms with Crippen molar-refractivity contribution in [2.24, 2.45) is 5.92 Å². The summed E-state index contributed by atoms with van der Waals surface area (Å²) in [6.07, 6.45) is 3.07. The lowest BCUT2D eigenvalue weighted by atomic mass is 9.99. The van der Waals surface area contributed by atoms with Crippen molar-refractivity contribution in [3.8, 4) is 17.4 Å². The monoisotopic (exact) mass is 490 g/mol. The maximum Gasteiger partial charge on any atom is 0.229 e. The molecule has 3 heterocycles. The highest BCUT2D eigenvalue weighted by Crippen LogP contribution is 2.33. The van der Waals surface area contributed by atoms with E-state index < -0.39 is 0 Å². The highest BCUT2D eigenvalue weighted by Gasteiger charge is 2.28. The average Bonchev–Trinajstić information content (AvgIpc) is 2.90. The second-order valence-corrected chi connectivity index (χ2v) is 9.57. The number of fused-ring (bicyclic) bond motifs is 1. The number of halogens is 1. The molecule has 2 aliphatic rings. The molecule has 188 valence electrons. The van der Waals surface area contributed by atoms with E-state index in [0.29, 0.717) is 43.0 Å². The maximum absolute atomic E-state index is 13.3. The van der Waals surface area contributed by atoms with Gasteiger partial charge < -0.3 is 19.3 Å². The van der Waals surface area contributed by atoms with Gasteiger partial charge in [-0.05, 0) is 60.7 Å². The van der Waals surface area contributed by atoms with Gasteiger partial charge in [0.1, 0.15) is 17.3 Å². The Bertz CT molecular complexity index is 1210. The molecule has 0 atom stereocenters. The molecule has 0 aliphatic carbocycles. The molecule has 1 aromatic heterocycles. The van der Waals surface area contributed by atoms with Gasteiger partial charge in [0, 0.05) is 26.1 Å². The third kappa shape index (κ3) is 5.42. The topological polar surface area (TPSA) is 67.8 Å². The summed E-state index contributed by atoms with van der Waals surface area (Å²) in [4.78, 5) is 26.9. The number of ether oxygens (including phenoxy) is 2. The number of hydrogen-bond acceptors (Lipinski definition) is 6. The normalized spacial score (nSPS) is 16.0. The lowest BCUT2D eigenvalue weighted by Gasteiger charge is -2.33. The van der Waals surface area contributed by atoms with E-state index in [1.54, 1.807) is 24.1 Å². The summed E-state index contributed by atoms with van der Waals surface area (Å²) >= 11 is 0. The van der Waals surface area contributed by atoms with Gasteiger partial charge in [0.2, 0.25) is 17.7 Å². The standard InChI is InChI=1S/C28H31FN4O3/c1-19-11-14-32(15-12-19)28-30-25-13-16-33(26(34)17-20-3-5-21(29)6-4-20)18-24(25)27(31-28)36-23-9-7-22(35-2)8-10-23/h3-10,19H,11-18H2,1-2H3. The zero-order valence-electron chi connectivity index (χ0n) is 20.7. The summed E-state index contributed by atoms with van der Waals surface area (Å²) in [5, 5.41) is 0. The molecule has 2 aromatic carbocycles. The Hall–Kier alpha value is -3.68. The molecule has 0 spiro atoms. The first-order chi connectivity index (χ1) is 17.5. The van der Waals surface area contributed by atoms with Crippen molar-refractivity contribution in [1.29, 1.82) is 0 Å². The Morgan fingerprint density at radius 3 is 2.39 bits per heavy atom. The minimum atomic E-state index is -0.311. The number of methoxy groups -OCH3 is 1. The molecule has 5 rings (SSSR count). The molecule has 0 unspecified atom stereocenters. The van der Waals surface area contributed by atoms with Gasteiger partial charge in [-0.25, -0.2) is 9.37 Å². The molecular weight excluding hydrogens is 459 g/mol. The van der Waals surface area contributed by atoms with Gasteiger partial charge in [-0.3, -0.25) is 4.79 Å². The molecule has 36 heavy (non-hydrogen) atoms. The van der Waals surface area contributed by atoms with Crippen molar-refractivity contribution >= 4 is 11.9 Å². The van der Waals surface area contributed by atoms with Gasteiger partial charge in [0.15, 0.2) is 0 Å². The molecule has 1 saturated heterocycles. The van der Waals surface area contributed by atoms with Crippen LogP contribution in [0.3, 0.4) is 0 Å². The van der Waals surface area contributed by atoms with Crippen LogP contribution in [0.2, 0.25) is 0 Å². The number of carbonyl (C=O) groups excluding carboxylic acids is 1. The SMILES string of the molecule is COc1ccc(Oc2nc(N3CCC(C)CC3)nc3c2CN(C(=O)Cc2ccc(F)cc2)CC3)cc1. The number of piperidine rings is 1. The Labute approximate surface area is 210 Å². The van der Waals surface area contributed by atoms with E-state index in [2.05, 4.69) is 11.8 Å². The van der Waals surface area contributed by atoms with Gasteiger partial charge in [0.05, 0.1) is 31.3 Å². The van der Waals surface area contributed by atoms with Crippen LogP contribution in [-0.2, 0) is 24.2 Å². The molecule has 3 aromatic rings. The zero-order chi connectivity index (χ0) is 25.1. The predicted molar refractivity (Wildman–Crippen MR) is 135 cm³/mol. The molecule has 0 saturated carbocycles. The highest BCUT2D eigenvalue weighted by molar-refractivity contribution is 5.79. The van der Waals surface area contributed by atoms with Gasteiger partial charge in [-0.15, -0.1) is 0 Å². The fraction of sp³-hybridized carbons (Fsp3) is 0.393. The molecule has 1 fully saturated rings. The lowest BCUT2D eigenvalue weighted by molar-refractivity contribution is -0.131. The fourth-order valence-corrected chi connectivity index (χ4v) is 4.66. The summed E-state index contributed by atoms with van der Waals surface area (Å²) in [5.41, 5.74) is 2.54. The summed E-state index contributed by atoms with van der Waals surface area (Å²) in [7, 11) is 1.62. The molecule has 2 aliphatic heterocycles. The van der Waals surface area contributed by atoms with E-state index in [-0.39, 0.29) is 18.1 Å². The number of nitrogens with zero attached hydrogens (tertiary/aromatic N) is 4. The van der Waals surface area contributed by atoms with E-state index in [4.69, 9.17) is 19.4 Å². The van der Waals surface area contributed by atoms with Gasteiger partial charge in [-0.2, -0.15) is 4.98 Å². The first-order valence-electron chi connectivity index (χ1n) is 12.5. The number of carbonyl (C=O) groups is 1. The molecule has 7 nitrogen and oxygen atoms in total. The van der Waals surface area contributed by atoms with Crippen LogP contribution in [0.25, 0.3) is 0 Å². The third-order valence-corrected chi connectivity index (χ3v) is 6.97. The van der Waals surface area contributed by atoms with Crippen LogP contribution in [-0.4, -0.2) is 47.5 Å². The molecular formula is C28H31FN4O3. The summed E-state index contributed by atoms with van der Waals surface area (Å²) in [6, 6.07) is 13.4. The van der Waals surface area contributed by atoms with Gasteiger partial charge in [0.25, 0.3) is 0 Å². The van der Waals surface area contributed by atoms with Crippen molar-refractivity contribution in [1.82, 2.24) is 14.9 Å². The van der Waals surface area contributed by atoms with E-state index in [1.807, 2.05) is 24.3 Å². The van der Waals surface area contributed by atoms with Crippen LogP contribution in [0.15, 0.2) is 48.5 Å². The minimum absolute atomic E-state index is 0.0169. The average molecular weight is 491 g/mol. The molecule has 8 heteroatoms. The Morgan fingerprint density at radius 1 is 1.00 bits per heavy atom. The van der Waals surface area contributed by atoms with Crippen LogP contribution < -0.4 is 14.4 Å². The third-order valence-electron chi connectivity index (χ3n) is 6.97. The number of aromatic nitrogens is 2. The summed E-state index contributed by atoms with van der Waals surface area (Å²) in [6.45, 7) is 5.07. The first kappa shape index (κ1) is 24.0. The number of amides is 1. The molecule has 0 bridgehead atoms. The summed E-state index contributed by atoms with van der Waals surface area (Å²) < 4.78 is 24.8. The van der Waals surface area contributed by atoms with Crippen molar-refractivity contribution in [3.63, 3.8) is 0 Å². The number of rotatable bonds is 6. The Morgan fingerprint density at radius 2 is 1.69 bits per heavy atom. The summed E-state index contributed by atoms with van der Waals surface area (Å²) in [5.74, 6) is 2.94. The highest BCUT2D eigenvalue weighted by atomic mass is 19.1. The quantitative estimate of drug-likeness (QED) is 0.495. The minimum Gasteiger partial charge on any atom is -0.497 e. The molecule has 0 N–H and O–H groups in total. The molecule has 0 radical (unpaired) electrons. The van der Waals surface area contributed by atoms with E-state index in [0.717, 1.165) is 48.5 Å². The van der Waals surface area contributed by atoms with E-state index in [9.17, 15) is 9.18 Å². The fourth-order valence-electron chi connectivity index (χ4n) is 4.66. The van der Waals surface area contributed by atoms with Crippen LogP contribution in [0.4, 0.5) is 10.3 Å². The van der Waals surface area contributed by atoms with E-state index >= 15 is 0 Å². The van der Waals surface area contributed by atoms with Gasteiger partial charge in [-0.1, -0.05) is 19.1 Å². The number of hydrogen-bond donors (Lipinski definition) is 0. The van der Waals surface area contributed by atoms with Gasteiger partial charge >= 0.3 is 0 Å². The second-order valence-electron chi connectivity index (χ2n) is 9.57. The van der Waals surface area contributed by atoms with Crippen molar-refractivity contribution < 1.29 is 18.7 Å². The van der Waals surface area contributed by atoms with E-state index in [1.165, 1.54) is 12.1 Å². The number of anilines is 1. The Balaban J connectivity index is 1.41. The zero-order valence-corrected chi connectivity index (χ0v) is 20.7. The molecule has 1 amide bonds. The van der Waals surface area contributed by atoms with Crippen LogP contribution in [0.1, 0.15) is 36.6 Å². The maximum atomic E-state index is 13.3. The van der Waals surface area contributed by atoms with Crippen LogP contribution in [0.5, 0.6) is 17.4 Å². The van der Waals surface area contributed by atoms with Crippen molar-refractivity contribution in [3.05, 3.63) is 71.2 Å². The predicted octanol–water partition coefficient (Wildman–Crippen LogP) is 4.78. The largest absolute Gasteiger partial charge is 0.497 e. The Kier molecular flexibility index (Phi) is 7.02. The lowest BCUT2D eigenvalue weighted by Crippen LogP contribution is -2.39.